The molecule has 0 radical (unpaired) electrons. The second-order valence-electron chi connectivity index (χ2n) is 3.86. The molecule has 1 atom stereocenters. The van der Waals surface area contributed by atoms with E-state index in [4.69, 9.17) is 0 Å². The Labute approximate surface area is 103 Å². The number of nitrogens with zero attached hydrogens (tertiary/aromatic N) is 4. The standard InChI is InChI=1S/C9H10N4O2S2/c1-12-4-7(13-5-10-11-6-13)9-8(2-3-16-9)17(12,14)15/h2-3,5-7H,4H2,1H3/t7-/m0/s1. The molecule has 0 aliphatic carbocycles. The van der Waals surface area contributed by atoms with E-state index in [1.54, 1.807) is 31.1 Å². The van der Waals surface area contributed by atoms with Crippen molar-refractivity contribution in [1.82, 2.24) is 19.1 Å². The highest BCUT2D eigenvalue weighted by Gasteiger charge is 2.36. The Morgan fingerprint density at radius 3 is 2.82 bits per heavy atom. The van der Waals surface area contributed by atoms with Gasteiger partial charge in [0.05, 0.1) is 10.9 Å². The second kappa shape index (κ2) is 3.62. The Kier molecular flexibility index (Phi) is 2.32. The van der Waals surface area contributed by atoms with Gasteiger partial charge in [-0.3, -0.25) is 0 Å². The number of sulfonamides is 1. The third-order valence-corrected chi connectivity index (χ3v) is 5.90. The zero-order chi connectivity index (χ0) is 12.0. The largest absolute Gasteiger partial charge is 0.310 e. The average molecular weight is 270 g/mol. The summed E-state index contributed by atoms with van der Waals surface area (Å²) in [7, 11) is -1.72. The van der Waals surface area contributed by atoms with E-state index >= 15 is 0 Å². The lowest BCUT2D eigenvalue weighted by Crippen LogP contribution is -2.37. The molecule has 1 aliphatic heterocycles. The lowest BCUT2D eigenvalue weighted by Gasteiger charge is -2.29. The smallest absolute Gasteiger partial charge is 0.244 e. The molecule has 0 spiro atoms. The van der Waals surface area contributed by atoms with Crippen LogP contribution in [0.4, 0.5) is 0 Å². The third-order valence-electron chi connectivity index (χ3n) is 2.87. The van der Waals surface area contributed by atoms with Gasteiger partial charge in [0.1, 0.15) is 12.7 Å². The van der Waals surface area contributed by atoms with Crippen LogP contribution < -0.4 is 0 Å². The van der Waals surface area contributed by atoms with Gasteiger partial charge in [-0.2, -0.15) is 4.31 Å². The maximum atomic E-state index is 12.1. The predicted octanol–water partition coefficient (Wildman–Crippen LogP) is 0.563. The Bertz CT molecular complexity index is 632. The van der Waals surface area contributed by atoms with Crippen molar-refractivity contribution in [2.45, 2.75) is 10.9 Å². The van der Waals surface area contributed by atoms with Crippen molar-refractivity contribution in [2.75, 3.05) is 13.6 Å². The third kappa shape index (κ3) is 1.52. The van der Waals surface area contributed by atoms with Gasteiger partial charge in [-0.1, -0.05) is 0 Å². The van der Waals surface area contributed by atoms with E-state index in [-0.39, 0.29) is 6.04 Å². The summed E-state index contributed by atoms with van der Waals surface area (Å²) in [6, 6.07) is 1.62. The van der Waals surface area contributed by atoms with Gasteiger partial charge in [-0.05, 0) is 11.4 Å². The fourth-order valence-corrected chi connectivity index (χ4v) is 4.70. The molecule has 0 bridgehead atoms. The summed E-state index contributed by atoms with van der Waals surface area (Å²) in [6.45, 7) is 0.411. The van der Waals surface area contributed by atoms with Crippen molar-refractivity contribution in [3.63, 3.8) is 0 Å². The number of hydrogen-bond donors (Lipinski definition) is 0. The van der Waals surface area contributed by atoms with Gasteiger partial charge in [-0.15, -0.1) is 21.5 Å². The summed E-state index contributed by atoms with van der Waals surface area (Å²) in [6.07, 6.45) is 3.22. The van der Waals surface area contributed by atoms with Crippen molar-refractivity contribution in [2.24, 2.45) is 0 Å². The van der Waals surface area contributed by atoms with Crippen LogP contribution in [-0.4, -0.2) is 41.1 Å². The van der Waals surface area contributed by atoms with E-state index in [1.165, 1.54) is 15.6 Å². The van der Waals surface area contributed by atoms with Gasteiger partial charge in [0, 0.05) is 18.5 Å². The molecule has 0 unspecified atom stereocenters. The molecule has 0 saturated heterocycles. The van der Waals surface area contributed by atoms with Crippen molar-refractivity contribution in [1.29, 1.82) is 0 Å². The van der Waals surface area contributed by atoms with Crippen LogP contribution >= 0.6 is 11.3 Å². The molecule has 2 aromatic rings. The molecular formula is C9H10N4O2S2. The van der Waals surface area contributed by atoms with Crippen LogP contribution in [0, 0.1) is 0 Å². The zero-order valence-corrected chi connectivity index (χ0v) is 10.6. The second-order valence-corrected chi connectivity index (χ2v) is 6.82. The molecule has 17 heavy (non-hydrogen) atoms. The fourth-order valence-electron chi connectivity index (χ4n) is 1.96. The fraction of sp³-hybridized carbons (Fsp3) is 0.333. The monoisotopic (exact) mass is 270 g/mol. The van der Waals surface area contributed by atoms with Gasteiger partial charge >= 0.3 is 0 Å². The van der Waals surface area contributed by atoms with Crippen LogP contribution in [0.15, 0.2) is 29.0 Å². The predicted molar refractivity (Wildman–Crippen MR) is 62.3 cm³/mol. The summed E-state index contributed by atoms with van der Waals surface area (Å²) in [5.74, 6) is 0. The maximum Gasteiger partial charge on any atom is 0.244 e. The quantitative estimate of drug-likeness (QED) is 0.759. The van der Waals surface area contributed by atoms with E-state index in [2.05, 4.69) is 10.2 Å². The van der Waals surface area contributed by atoms with E-state index in [9.17, 15) is 8.42 Å². The van der Waals surface area contributed by atoms with Crippen LogP contribution in [0.5, 0.6) is 0 Å². The van der Waals surface area contributed by atoms with Crippen LogP contribution in [0.2, 0.25) is 0 Å². The lowest BCUT2D eigenvalue weighted by molar-refractivity contribution is 0.393. The van der Waals surface area contributed by atoms with Gasteiger partial charge in [-0.25, -0.2) is 8.42 Å². The topological polar surface area (TPSA) is 68.1 Å². The maximum absolute atomic E-state index is 12.1. The normalized spacial score (nSPS) is 23.5. The first-order valence-corrected chi connectivity index (χ1v) is 7.30. The highest BCUT2D eigenvalue weighted by atomic mass is 32.2. The van der Waals surface area contributed by atoms with E-state index in [0.29, 0.717) is 11.4 Å². The first-order chi connectivity index (χ1) is 8.10. The van der Waals surface area contributed by atoms with E-state index in [1.807, 2.05) is 4.57 Å². The molecule has 0 amide bonds. The number of rotatable bonds is 1. The Morgan fingerprint density at radius 2 is 2.12 bits per heavy atom. The molecule has 3 rings (SSSR count). The van der Waals surface area contributed by atoms with Crippen molar-refractivity contribution in [3.8, 4) is 0 Å². The number of aromatic nitrogens is 3. The van der Waals surface area contributed by atoms with E-state index in [0.717, 1.165) is 4.88 Å². The van der Waals surface area contributed by atoms with Gasteiger partial charge in [0.15, 0.2) is 0 Å². The highest BCUT2D eigenvalue weighted by molar-refractivity contribution is 7.89. The van der Waals surface area contributed by atoms with Crippen molar-refractivity contribution >= 4 is 21.4 Å². The van der Waals surface area contributed by atoms with Crippen LogP contribution in [0.1, 0.15) is 10.9 Å². The van der Waals surface area contributed by atoms with Gasteiger partial charge in [0.2, 0.25) is 10.0 Å². The molecule has 2 aromatic heterocycles. The summed E-state index contributed by atoms with van der Waals surface area (Å²) >= 11 is 1.45. The van der Waals surface area contributed by atoms with Gasteiger partial charge < -0.3 is 4.57 Å². The molecule has 0 N–H and O–H groups in total. The Hall–Kier alpha value is -1.25. The SMILES string of the molecule is CN1C[C@H](n2cnnc2)c2sccc2S1(=O)=O. The molecular weight excluding hydrogens is 260 g/mol. The number of thiophene rings is 1. The zero-order valence-electron chi connectivity index (χ0n) is 9.02. The average Bonchev–Trinajstić information content (AvgIpc) is 2.94. The molecule has 0 saturated carbocycles. The molecule has 6 nitrogen and oxygen atoms in total. The Balaban J connectivity index is 2.18. The minimum atomic E-state index is -3.31. The van der Waals surface area contributed by atoms with Crippen LogP contribution in [-0.2, 0) is 10.0 Å². The molecule has 1 aliphatic rings. The van der Waals surface area contributed by atoms with Crippen molar-refractivity contribution < 1.29 is 8.42 Å². The number of hydrogen-bond acceptors (Lipinski definition) is 5. The lowest BCUT2D eigenvalue weighted by atomic mass is 10.2. The van der Waals surface area contributed by atoms with E-state index < -0.39 is 10.0 Å². The minimum Gasteiger partial charge on any atom is -0.310 e. The molecule has 8 heteroatoms. The minimum absolute atomic E-state index is 0.0338. The number of likely N-dealkylation sites (N-methyl/N-ethyl adjacent to an activating group) is 1. The first kappa shape index (κ1) is 10.9. The molecule has 0 aromatic carbocycles. The molecule has 3 heterocycles. The summed E-state index contributed by atoms with van der Waals surface area (Å²) in [5.41, 5.74) is 0. The Morgan fingerprint density at radius 1 is 1.41 bits per heavy atom. The van der Waals surface area contributed by atoms with Crippen LogP contribution in [0.3, 0.4) is 0 Å². The summed E-state index contributed by atoms with van der Waals surface area (Å²) in [5, 5.41) is 9.34. The number of fused-ring (bicyclic) bond motifs is 1. The van der Waals surface area contributed by atoms with Gasteiger partial charge in [0.25, 0.3) is 0 Å². The molecule has 0 fully saturated rings. The highest BCUT2D eigenvalue weighted by Crippen LogP contribution is 2.37. The molecule has 90 valence electrons. The van der Waals surface area contributed by atoms with Crippen LogP contribution in [0.25, 0.3) is 0 Å². The summed E-state index contributed by atoms with van der Waals surface area (Å²) in [4.78, 5) is 1.25. The summed E-state index contributed by atoms with van der Waals surface area (Å²) < 4.78 is 27.3. The van der Waals surface area contributed by atoms with Crippen molar-refractivity contribution in [3.05, 3.63) is 29.0 Å². The first-order valence-electron chi connectivity index (χ1n) is 4.98.